The summed E-state index contributed by atoms with van der Waals surface area (Å²) in [6.07, 6.45) is 0.695. The highest BCUT2D eigenvalue weighted by Crippen LogP contribution is 2.28. The van der Waals surface area contributed by atoms with E-state index < -0.39 is 4.92 Å². The van der Waals surface area contributed by atoms with E-state index in [9.17, 15) is 10.1 Å². The second-order valence-corrected chi connectivity index (χ2v) is 4.27. The maximum Gasteiger partial charge on any atom is 0.292 e. The summed E-state index contributed by atoms with van der Waals surface area (Å²) in [4.78, 5) is 10.3. The molecule has 0 aromatic heterocycles. The molecule has 5 nitrogen and oxygen atoms in total. The Kier molecular flexibility index (Phi) is 4.70. The number of anilines is 1. The molecular formula is C10H13BrN2O3. The minimum atomic E-state index is -0.446. The molecule has 6 heteroatoms. The lowest BCUT2D eigenvalue weighted by Crippen LogP contribution is -2.23. The van der Waals surface area contributed by atoms with Crippen molar-refractivity contribution in [2.45, 2.75) is 19.4 Å². The lowest BCUT2D eigenvalue weighted by molar-refractivity contribution is -0.384. The van der Waals surface area contributed by atoms with Gasteiger partial charge < -0.3 is 10.4 Å². The monoisotopic (exact) mass is 288 g/mol. The van der Waals surface area contributed by atoms with Crippen LogP contribution in [0.2, 0.25) is 0 Å². The molecular weight excluding hydrogens is 276 g/mol. The largest absolute Gasteiger partial charge is 0.394 e. The van der Waals surface area contributed by atoms with Crippen molar-refractivity contribution in [2.24, 2.45) is 0 Å². The van der Waals surface area contributed by atoms with Gasteiger partial charge in [0.25, 0.3) is 5.69 Å². The molecule has 0 saturated carbocycles. The van der Waals surface area contributed by atoms with Crippen LogP contribution in [-0.2, 0) is 0 Å². The van der Waals surface area contributed by atoms with Gasteiger partial charge in [-0.25, -0.2) is 0 Å². The number of hydrogen-bond donors (Lipinski definition) is 2. The van der Waals surface area contributed by atoms with E-state index in [1.807, 2.05) is 6.92 Å². The van der Waals surface area contributed by atoms with Crippen molar-refractivity contribution in [3.63, 3.8) is 0 Å². The van der Waals surface area contributed by atoms with E-state index in [-0.39, 0.29) is 18.3 Å². The molecule has 0 aliphatic rings. The van der Waals surface area contributed by atoms with E-state index in [1.54, 1.807) is 12.1 Å². The molecule has 0 spiro atoms. The van der Waals surface area contributed by atoms with Gasteiger partial charge in [0.05, 0.1) is 11.5 Å². The highest BCUT2D eigenvalue weighted by atomic mass is 79.9. The summed E-state index contributed by atoms with van der Waals surface area (Å²) in [6.45, 7) is 1.85. The Hall–Kier alpha value is -1.14. The van der Waals surface area contributed by atoms with E-state index in [4.69, 9.17) is 5.11 Å². The Morgan fingerprint density at radius 1 is 1.62 bits per heavy atom. The second kappa shape index (κ2) is 5.81. The topological polar surface area (TPSA) is 75.4 Å². The molecule has 1 aromatic rings. The molecule has 0 saturated heterocycles. The summed E-state index contributed by atoms with van der Waals surface area (Å²) in [5.41, 5.74) is 0.426. The summed E-state index contributed by atoms with van der Waals surface area (Å²) in [5, 5.41) is 22.8. The first-order valence-electron chi connectivity index (χ1n) is 4.89. The van der Waals surface area contributed by atoms with E-state index in [0.717, 1.165) is 4.47 Å². The number of halogens is 1. The van der Waals surface area contributed by atoms with Gasteiger partial charge in [0.2, 0.25) is 0 Å². The summed E-state index contributed by atoms with van der Waals surface area (Å²) in [6, 6.07) is 4.50. The van der Waals surface area contributed by atoms with Crippen molar-refractivity contribution in [2.75, 3.05) is 11.9 Å². The molecule has 0 aliphatic carbocycles. The highest BCUT2D eigenvalue weighted by molar-refractivity contribution is 9.10. The first-order chi connectivity index (χ1) is 7.58. The molecule has 1 unspecified atom stereocenters. The SMILES string of the molecule is CCC(CO)Nc1cc(Br)ccc1[N+](=O)[O-]. The van der Waals surface area contributed by atoms with Crippen LogP contribution < -0.4 is 5.32 Å². The molecule has 0 fully saturated rings. The van der Waals surface area contributed by atoms with Crippen molar-refractivity contribution in [1.29, 1.82) is 0 Å². The van der Waals surface area contributed by atoms with Crippen LogP contribution in [-0.4, -0.2) is 22.7 Å². The number of benzene rings is 1. The van der Waals surface area contributed by atoms with Crippen molar-refractivity contribution in [3.8, 4) is 0 Å². The zero-order chi connectivity index (χ0) is 12.1. The molecule has 0 amide bonds. The predicted molar refractivity (Wildman–Crippen MR) is 65.6 cm³/mol. The van der Waals surface area contributed by atoms with Gasteiger partial charge in [0.1, 0.15) is 5.69 Å². The Bertz CT molecular complexity index is 380. The molecule has 1 rings (SSSR count). The lowest BCUT2D eigenvalue weighted by Gasteiger charge is -2.15. The van der Waals surface area contributed by atoms with Gasteiger partial charge in [-0.1, -0.05) is 22.9 Å². The smallest absolute Gasteiger partial charge is 0.292 e. The first kappa shape index (κ1) is 12.9. The van der Waals surface area contributed by atoms with Gasteiger partial charge >= 0.3 is 0 Å². The number of aliphatic hydroxyl groups is 1. The number of nitro groups is 1. The minimum Gasteiger partial charge on any atom is -0.394 e. The summed E-state index contributed by atoms with van der Waals surface area (Å²) >= 11 is 3.25. The number of rotatable bonds is 5. The molecule has 0 heterocycles. The number of nitro benzene ring substituents is 1. The van der Waals surface area contributed by atoms with Gasteiger partial charge in [-0.3, -0.25) is 10.1 Å². The van der Waals surface area contributed by atoms with Gasteiger partial charge in [0, 0.05) is 16.6 Å². The maximum absolute atomic E-state index is 10.8. The molecule has 0 aliphatic heterocycles. The van der Waals surface area contributed by atoms with E-state index in [2.05, 4.69) is 21.2 Å². The minimum absolute atomic E-state index is 0.00935. The number of hydrogen-bond acceptors (Lipinski definition) is 4. The van der Waals surface area contributed by atoms with Gasteiger partial charge in [-0.05, 0) is 18.6 Å². The number of aliphatic hydroxyl groups excluding tert-OH is 1. The normalized spacial score (nSPS) is 12.2. The van der Waals surface area contributed by atoms with Crippen LogP contribution in [0.15, 0.2) is 22.7 Å². The highest BCUT2D eigenvalue weighted by Gasteiger charge is 2.16. The van der Waals surface area contributed by atoms with Crippen LogP contribution in [0.3, 0.4) is 0 Å². The average molecular weight is 289 g/mol. The molecule has 0 radical (unpaired) electrons. The molecule has 2 N–H and O–H groups in total. The van der Waals surface area contributed by atoms with Crippen molar-refractivity contribution in [1.82, 2.24) is 0 Å². The van der Waals surface area contributed by atoms with Gasteiger partial charge in [0.15, 0.2) is 0 Å². The predicted octanol–water partition coefficient (Wildman–Crippen LogP) is 2.54. The standard InChI is InChI=1S/C10H13BrN2O3/c1-2-8(6-14)12-9-5-7(11)3-4-10(9)13(15)16/h3-5,8,12,14H,2,6H2,1H3. The van der Waals surface area contributed by atoms with Crippen LogP contribution in [0, 0.1) is 10.1 Å². The fourth-order valence-electron chi connectivity index (χ4n) is 1.28. The third-order valence-corrected chi connectivity index (χ3v) is 2.72. The maximum atomic E-state index is 10.8. The molecule has 88 valence electrons. The van der Waals surface area contributed by atoms with Crippen molar-refractivity contribution >= 4 is 27.3 Å². The second-order valence-electron chi connectivity index (χ2n) is 3.35. The van der Waals surface area contributed by atoms with Gasteiger partial charge in [-0.2, -0.15) is 0 Å². The van der Waals surface area contributed by atoms with Gasteiger partial charge in [-0.15, -0.1) is 0 Å². The summed E-state index contributed by atoms with van der Waals surface area (Å²) in [5.74, 6) is 0. The Labute approximate surface area is 102 Å². The third-order valence-electron chi connectivity index (χ3n) is 2.23. The fraction of sp³-hybridized carbons (Fsp3) is 0.400. The molecule has 1 aromatic carbocycles. The Morgan fingerprint density at radius 2 is 2.31 bits per heavy atom. The number of nitrogens with one attached hydrogen (secondary N) is 1. The van der Waals surface area contributed by atoms with Crippen LogP contribution in [0.5, 0.6) is 0 Å². The third kappa shape index (κ3) is 3.18. The quantitative estimate of drug-likeness (QED) is 0.645. The first-order valence-corrected chi connectivity index (χ1v) is 5.69. The van der Waals surface area contributed by atoms with Crippen LogP contribution >= 0.6 is 15.9 Å². The van der Waals surface area contributed by atoms with Crippen molar-refractivity contribution < 1.29 is 10.0 Å². The van der Waals surface area contributed by atoms with Crippen LogP contribution in [0.1, 0.15) is 13.3 Å². The van der Waals surface area contributed by atoms with Crippen LogP contribution in [0.4, 0.5) is 11.4 Å². The van der Waals surface area contributed by atoms with E-state index in [1.165, 1.54) is 6.07 Å². The molecule has 0 bridgehead atoms. The Morgan fingerprint density at radius 3 is 2.81 bits per heavy atom. The lowest BCUT2D eigenvalue weighted by atomic mass is 10.2. The average Bonchev–Trinajstić information content (AvgIpc) is 2.25. The van der Waals surface area contributed by atoms with Crippen molar-refractivity contribution in [3.05, 3.63) is 32.8 Å². The summed E-state index contributed by atoms with van der Waals surface area (Å²) < 4.78 is 0.758. The molecule has 16 heavy (non-hydrogen) atoms. The zero-order valence-corrected chi connectivity index (χ0v) is 10.4. The van der Waals surface area contributed by atoms with E-state index in [0.29, 0.717) is 12.1 Å². The molecule has 1 atom stereocenters. The summed E-state index contributed by atoms with van der Waals surface area (Å²) in [7, 11) is 0. The van der Waals surface area contributed by atoms with Crippen LogP contribution in [0.25, 0.3) is 0 Å². The fourth-order valence-corrected chi connectivity index (χ4v) is 1.64. The van der Waals surface area contributed by atoms with E-state index >= 15 is 0 Å². The Balaban J connectivity index is 3.00. The number of nitrogens with zero attached hydrogens (tertiary/aromatic N) is 1. The zero-order valence-electron chi connectivity index (χ0n) is 8.81.